The van der Waals surface area contributed by atoms with Crippen molar-refractivity contribution in [1.82, 2.24) is 15.6 Å². The Morgan fingerprint density at radius 1 is 0.957 bits per heavy atom. The molecule has 6 heteroatoms. The predicted molar refractivity (Wildman–Crippen MR) is 88.9 cm³/mol. The third kappa shape index (κ3) is 5.10. The molecule has 1 aromatic carbocycles. The number of para-hydroxylation sites is 1. The molecule has 1 aromatic heterocycles. The molecule has 2 aromatic rings. The van der Waals surface area contributed by atoms with Gasteiger partial charge in [0, 0.05) is 11.9 Å². The van der Waals surface area contributed by atoms with Crippen molar-refractivity contribution in [2.75, 3.05) is 5.32 Å². The SMILES string of the molecule is CC(NC(=O)Nc1ccccc1)C(=O)NC(C)c1ccccn1. The Labute approximate surface area is 135 Å². The van der Waals surface area contributed by atoms with Gasteiger partial charge in [0.1, 0.15) is 6.04 Å². The molecule has 2 atom stereocenters. The van der Waals surface area contributed by atoms with Crippen molar-refractivity contribution in [3.8, 4) is 0 Å². The quantitative estimate of drug-likeness (QED) is 0.793. The number of nitrogens with zero attached hydrogens (tertiary/aromatic N) is 1. The van der Waals surface area contributed by atoms with Gasteiger partial charge in [-0.2, -0.15) is 0 Å². The summed E-state index contributed by atoms with van der Waals surface area (Å²) < 4.78 is 0. The Hall–Kier alpha value is -2.89. The number of urea groups is 1. The third-order valence-corrected chi connectivity index (χ3v) is 3.26. The zero-order valence-electron chi connectivity index (χ0n) is 13.1. The third-order valence-electron chi connectivity index (χ3n) is 3.26. The second kappa shape index (κ2) is 7.93. The number of nitrogens with one attached hydrogen (secondary N) is 3. The first kappa shape index (κ1) is 16.5. The molecule has 0 bridgehead atoms. The van der Waals surface area contributed by atoms with Gasteiger partial charge in [0.15, 0.2) is 0 Å². The van der Waals surface area contributed by atoms with E-state index >= 15 is 0 Å². The van der Waals surface area contributed by atoms with E-state index in [-0.39, 0.29) is 11.9 Å². The van der Waals surface area contributed by atoms with E-state index < -0.39 is 12.1 Å². The first-order valence-electron chi connectivity index (χ1n) is 7.40. The molecule has 0 radical (unpaired) electrons. The van der Waals surface area contributed by atoms with Crippen molar-refractivity contribution in [1.29, 1.82) is 0 Å². The highest BCUT2D eigenvalue weighted by atomic mass is 16.2. The molecule has 6 nitrogen and oxygen atoms in total. The fourth-order valence-corrected chi connectivity index (χ4v) is 2.00. The van der Waals surface area contributed by atoms with Crippen LogP contribution < -0.4 is 16.0 Å². The Morgan fingerprint density at radius 3 is 2.30 bits per heavy atom. The van der Waals surface area contributed by atoms with Gasteiger partial charge in [-0.25, -0.2) is 4.79 Å². The minimum absolute atomic E-state index is 0.231. The van der Waals surface area contributed by atoms with Crippen LogP contribution in [0.3, 0.4) is 0 Å². The molecule has 3 amide bonds. The molecule has 2 rings (SSSR count). The van der Waals surface area contributed by atoms with Crippen LogP contribution in [0.4, 0.5) is 10.5 Å². The summed E-state index contributed by atoms with van der Waals surface area (Å²) in [5.41, 5.74) is 1.43. The standard InChI is InChI=1S/C17H20N4O2/c1-12(15-10-6-7-11-18-15)19-16(22)13(2)20-17(23)21-14-8-4-3-5-9-14/h3-13H,1-2H3,(H,19,22)(H2,20,21,23). The molecule has 0 aliphatic carbocycles. The number of carbonyl (C=O) groups is 2. The minimum atomic E-state index is -0.662. The fourth-order valence-electron chi connectivity index (χ4n) is 2.00. The molecule has 0 saturated heterocycles. The number of hydrogen-bond acceptors (Lipinski definition) is 3. The fraction of sp³-hybridized carbons (Fsp3) is 0.235. The van der Waals surface area contributed by atoms with Crippen molar-refractivity contribution in [3.05, 3.63) is 60.4 Å². The lowest BCUT2D eigenvalue weighted by atomic mass is 10.2. The van der Waals surface area contributed by atoms with Crippen LogP contribution in [0.5, 0.6) is 0 Å². The van der Waals surface area contributed by atoms with Crippen LogP contribution in [0.25, 0.3) is 0 Å². The van der Waals surface area contributed by atoms with E-state index in [1.54, 1.807) is 25.3 Å². The number of aromatic nitrogens is 1. The van der Waals surface area contributed by atoms with Crippen molar-refractivity contribution < 1.29 is 9.59 Å². The average Bonchev–Trinajstić information content (AvgIpc) is 2.56. The molecule has 3 N–H and O–H groups in total. The summed E-state index contributed by atoms with van der Waals surface area (Å²) in [7, 11) is 0. The number of benzene rings is 1. The van der Waals surface area contributed by atoms with Gasteiger partial charge in [0.2, 0.25) is 5.91 Å². The summed E-state index contributed by atoms with van der Waals surface area (Å²) in [4.78, 5) is 28.2. The molecular weight excluding hydrogens is 292 g/mol. The van der Waals surface area contributed by atoms with Crippen LogP contribution >= 0.6 is 0 Å². The van der Waals surface area contributed by atoms with E-state index in [9.17, 15) is 9.59 Å². The second-order valence-corrected chi connectivity index (χ2v) is 5.17. The van der Waals surface area contributed by atoms with Gasteiger partial charge in [0.25, 0.3) is 0 Å². The van der Waals surface area contributed by atoms with Gasteiger partial charge in [0.05, 0.1) is 11.7 Å². The molecule has 2 unspecified atom stereocenters. The van der Waals surface area contributed by atoms with E-state index in [1.807, 2.05) is 43.3 Å². The van der Waals surface area contributed by atoms with Gasteiger partial charge in [-0.05, 0) is 38.1 Å². The summed E-state index contributed by atoms with van der Waals surface area (Å²) in [5, 5.41) is 8.09. The van der Waals surface area contributed by atoms with Gasteiger partial charge >= 0.3 is 6.03 Å². The first-order valence-corrected chi connectivity index (χ1v) is 7.40. The van der Waals surface area contributed by atoms with Gasteiger partial charge in [-0.15, -0.1) is 0 Å². The Balaban J connectivity index is 1.84. The monoisotopic (exact) mass is 312 g/mol. The summed E-state index contributed by atoms with van der Waals surface area (Å²) in [6, 6.07) is 13.2. The van der Waals surface area contributed by atoms with Gasteiger partial charge in [-0.1, -0.05) is 24.3 Å². The molecule has 0 aliphatic heterocycles. The molecule has 0 fully saturated rings. The number of pyridine rings is 1. The maximum atomic E-state index is 12.1. The van der Waals surface area contributed by atoms with Gasteiger partial charge in [-0.3, -0.25) is 9.78 Å². The molecule has 0 aliphatic rings. The number of hydrogen-bond donors (Lipinski definition) is 3. The zero-order valence-corrected chi connectivity index (χ0v) is 13.1. The maximum absolute atomic E-state index is 12.1. The van der Waals surface area contributed by atoms with Crippen LogP contribution in [0.1, 0.15) is 25.6 Å². The molecule has 0 spiro atoms. The normalized spacial score (nSPS) is 12.8. The molecule has 120 valence electrons. The minimum Gasteiger partial charge on any atom is -0.346 e. The topological polar surface area (TPSA) is 83.1 Å². The Morgan fingerprint density at radius 2 is 1.65 bits per heavy atom. The summed E-state index contributed by atoms with van der Waals surface area (Å²) in [5.74, 6) is -0.272. The molecular formula is C17H20N4O2. The van der Waals surface area contributed by atoms with E-state index in [0.29, 0.717) is 5.69 Å². The van der Waals surface area contributed by atoms with Gasteiger partial charge < -0.3 is 16.0 Å². The number of amides is 3. The first-order chi connectivity index (χ1) is 11.1. The number of anilines is 1. The number of carbonyl (C=O) groups excluding carboxylic acids is 2. The van der Waals surface area contributed by atoms with E-state index in [1.165, 1.54) is 0 Å². The van der Waals surface area contributed by atoms with Crippen molar-refractivity contribution in [2.24, 2.45) is 0 Å². The molecule has 1 heterocycles. The molecule has 0 saturated carbocycles. The average molecular weight is 312 g/mol. The van der Waals surface area contributed by atoms with Crippen LogP contribution in [-0.4, -0.2) is 23.0 Å². The Bertz CT molecular complexity index is 646. The van der Waals surface area contributed by atoms with E-state index in [4.69, 9.17) is 0 Å². The second-order valence-electron chi connectivity index (χ2n) is 5.17. The lowest BCUT2D eigenvalue weighted by molar-refractivity contribution is -0.123. The lowest BCUT2D eigenvalue weighted by Gasteiger charge is -2.18. The lowest BCUT2D eigenvalue weighted by Crippen LogP contribution is -2.46. The largest absolute Gasteiger partial charge is 0.346 e. The van der Waals surface area contributed by atoms with Crippen LogP contribution in [0, 0.1) is 0 Å². The number of rotatable bonds is 5. The maximum Gasteiger partial charge on any atom is 0.319 e. The van der Waals surface area contributed by atoms with Crippen LogP contribution in [0.2, 0.25) is 0 Å². The van der Waals surface area contributed by atoms with Crippen molar-refractivity contribution in [2.45, 2.75) is 25.9 Å². The summed E-state index contributed by atoms with van der Waals surface area (Å²) in [6.07, 6.45) is 1.67. The Kier molecular flexibility index (Phi) is 5.68. The van der Waals surface area contributed by atoms with Crippen LogP contribution in [-0.2, 0) is 4.79 Å². The van der Waals surface area contributed by atoms with Crippen molar-refractivity contribution in [3.63, 3.8) is 0 Å². The zero-order chi connectivity index (χ0) is 16.7. The highest BCUT2D eigenvalue weighted by Crippen LogP contribution is 2.08. The predicted octanol–water partition coefficient (Wildman–Crippen LogP) is 2.47. The van der Waals surface area contributed by atoms with E-state index in [0.717, 1.165) is 5.69 Å². The van der Waals surface area contributed by atoms with Crippen LogP contribution in [0.15, 0.2) is 54.7 Å². The van der Waals surface area contributed by atoms with Crippen molar-refractivity contribution >= 4 is 17.6 Å². The smallest absolute Gasteiger partial charge is 0.319 e. The van der Waals surface area contributed by atoms with E-state index in [2.05, 4.69) is 20.9 Å². The highest BCUT2D eigenvalue weighted by molar-refractivity contribution is 5.93. The summed E-state index contributed by atoms with van der Waals surface area (Å²) in [6.45, 7) is 3.47. The summed E-state index contributed by atoms with van der Waals surface area (Å²) >= 11 is 0. The molecule has 23 heavy (non-hydrogen) atoms. The highest BCUT2D eigenvalue weighted by Gasteiger charge is 2.18.